The molecule has 120 valence electrons. The smallest absolute Gasteiger partial charge is 0.256 e. The number of hydrogen-bond acceptors (Lipinski definition) is 4. The van der Waals surface area contributed by atoms with Crippen molar-refractivity contribution in [2.24, 2.45) is 5.92 Å². The maximum Gasteiger partial charge on any atom is 0.256 e. The highest BCUT2D eigenvalue weighted by atomic mass is 16.1. The minimum atomic E-state index is -0.209. The monoisotopic (exact) mass is 319 g/mol. The van der Waals surface area contributed by atoms with Gasteiger partial charge < -0.3 is 9.88 Å². The van der Waals surface area contributed by atoms with Crippen molar-refractivity contribution in [2.45, 2.75) is 19.4 Å². The SMILES string of the molecule is C[C@@H]1C=C[C@H](n2cnc3c(NC(=O)c4ccccc4)ncnc32)C1. The third kappa shape index (κ3) is 2.56. The van der Waals surface area contributed by atoms with Crippen LogP contribution in [0.4, 0.5) is 5.82 Å². The van der Waals surface area contributed by atoms with Crippen molar-refractivity contribution < 1.29 is 4.79 Å². The molecule has 1 aliphatic rings. The zero-order valence-electron chi connectivity index (χ0n) is 13.3. The van der Waals surface area contributed by atoms with Crippen LogP contribution in [0.25, 0.3) is 11.2 Å². The van der Waals surface area contributed by atoms with Gasteiger partial charge >= 0.3 is 0 Å². The van der Waals surface area contributed by atoms with Gasteiger partial charge in [0.1, 0.15) is 6.33 Å². The Bertz CT molecular complexity index is 916. The molecule has 6 heteroatoms. The number of anilines is 1. The zero-order chi connectivity index (χ0) is 16.5. The van der Waals surface area contributed by atoms with Crippen LogP contribution in [0.3, 0.4) is 0 Å². The Hall–Kier alpha value is -3.02. The van der Waals surface area contributed by atoms with Gasteiger partial charge in [-0.25, -0.2) is 15.0 Å². The van der Waals surface area contributed by atoms with Crippen molar-refractivity contribution in [3.05, 3.63) is 60.7 Å². The van der Waals surface area contributed by atoms with E-state index in [1.807, 2.05) is 22.8 Å². The number of aromatic nitrogens is 4. The summed E-state index contributed by atoms with van der Waals surface area (Å²) < 4.78 is 2.04. The van der Waals surface area contributed by atoms with Crippen molar-refractivity contribution in [2.75, 3.05) is 5.32 Å². The molecule has 0 aliphatic heterocycles. The zero-order valence-corrected chi connectivity index (χ0v) is 13.3. The summed E-state index contributed by atoms with van der Waals surface area (Å²) in [4.78, 5) is 25.3. The lowest BCUT2D eigenvalue weighted by Gasteiger charge is -2.11. The topological polar surface area (TPSA) is 72.7 Å². The lowest BCUT2D eigenvalue weighted by molar-refractivity contribution is 0.102. The molecule has 1 amide bonds. The molecule has 2 heterocycles. The maximum absolute atomic E-state index is 12.3. The Labute approximate surface area is 139 Å². The molecule has 0 fully saturated rings. The molecule has 0 saturated carbocycles. The summed E-state index contributed by atoms with van der Waals surface area (Å²) in [5, 5.41) is 2.83. The van der Waals surface area contributed by atoms with E-state index in [-0.39, 0.29) is 11.9 Å². The van der Waals surface area contributed by atoms with Crippen LogP contribution in [-0.2, 0) is 0 Å². The standard InChI is InChI=1S/C18H17N5O/c1-12-7-8-14(9-12)23-11-21-15-16(19-10-20-17(15)23)22-18(24)13-5-3-2-4-6-13/h2-8,10-12,14H,9H2,1H3,(H,19,20,22,24)/t12-,14+/m1/s1. The van der Waals surface area contributed by atoms with E-state index in [2.05, 4.69) is 39.3 Å². The first-order chi connectivity index (χ1) is 11.7. The predicted molar refractivity (Wildman–Crippen MR) is 91.7 cm³/mol. The molecule has 4 rings (SSSR count). The minimum Gasteiger partial charge on any atom is -0.308 e. The summed E-state index contributed by atoms with van der Waals surface area (Å²) in [5.41, 5.74) is 1.92. The van der Waals surface area contributed by atoms with Gasteiger partial charge in [-0.1, -0.05) is 37.3 Å². The van der Waals surface area contributed by atoms with E-state index in [0.717, 1.165) is 12.1 Å². The van der Waals surface area contributed by atoms with Gasteiger partial charge in [0.15, 0.2) is 17.0 Å². The van der Waals surface area contributed by atoms with Crippen molar-refractivity contribution in [3.8, 4) is 0 Å². The van der Waals surface area contributed by atoms with E-state index in [9.17, 15) is 4.79 Å². The highest BCUT2D eigenvalue weighted by Gasteiger charge is 2.21. The molecule has 24 heavy (non-hydrogen) atoms. The normalized spacial score (nSPS) is 19.7. The molecule has 0 saturated heterocycles. The fraction of sp³-hybridized carbons (Fsp3) is 0.222. The van der Waals surface area contributed by atoms with Crippen LogP contribution in [0.15, 0.2) is 55.1 Å². The molecule has 6 nitrogen and oxygen atoms in total. The number of amides is 1. The van der Waals surface area contributed by atoms with E-state index in [0.29, 0.717) is 22.8 Å². The van der Waals surface area contributed by atoms with Gasteiger partial charge in [-0.3, -0.25) is 4.79 Å². The van der Waals surface area contributed by atoms with E-state index >= 15 is 0 Å². The highest BCUT2D eigenvalue weighted by Crippen LogP contribution is 2.30. The van der Waals surface area contributed by atoms with Crippen LogP contribution in [0.5, 0.6) is 0 Å². The Morgan fingerprint density at radius 3 is 2.75 bits per heavy atom. The number of carbonyl (C=O) groups is 1. The fourth-order valence-corrected chi connectivity index (χ4v) is 3.02. The van der Waals surface area contributed by atoms with Gasteiger partial charge in [0.05, 0.1) is 12.4 Å². The molecule has 1 aliphatic carbocycles. The van der Waals surface area contributed by atoms with Crippen LogP contribution < -0.4 is 5.32 Å². The van der Waals surface area contributed by atoms with Gasteiger partial charge in [-0.05, 0) is 24.5 Å². The molecule has 0 bridgehead atoms. The summed E-state index contributed by atoms with van der Waals surface area (Å²) in [6.45, 7) is 2.19. The molecular formula is C18H17N5O. The highest BCUT2D eigenvalue weighted by molar-refractivity contribution is 6.06. The molecule has 1 aromatic carbocycles. The quantitative estimate of drug-likeness (QED) is 0.752. The summed E-state index contributed by atoms with van der Waals surface area (Å²) in [5.74, 6) is 0.772. The molecule has 0 radical (unpaired) electrons. The number of imidazole rings is 1. The molecule has 3 aromatic rings. The number of carbonyl (C=O) groups excluding carboxylic acids is 1. The number of fused-ring (bicyclic) bond motifs is 1. The number of benzene rings is 1. The number of nitrogens with one attached hydrogen (secondary N) is 1. The third-order valence-electron chi connectivity index (χ3n) is 4.26. The molecule has 0 unspecified atom stereocenters. The maximum atomic E-state index is 12.3. The summed E-state index contributed by atoms with van der Waals surface area (Å²) in [7, 11) is 0. The fourth-order valence-electron chi connectivity index (χ4n) is 3.02. The van der Waals surface area contributed by atoms with Crippen molar-refractivity contribution in [1.29, 1.82) is 0 Å². The average Bonchev–Trinajstić information content (AvgIpc) is 3.22. The number of allylic oxidation sites excluding steroid dienone is 2. The predicted octanol–water partition coefficient (Wildman–Crippen LogP) is 3.22. The minimum absolute atomic E-state index is 0.209. The largest absolute Gasteiger partial charge is 0.308 e. The van der Waals surface area contributed by atoms with Gasteiger partial charge in [0, 0.05) is 5.56 Å². The van der Waals surface area contributed by atoms with Gasteiger partial charge in [-0.2, -0.15) is 0 Å². The van der Waals surface area contributed by atoms with Gasteiger partial charge in [-0.15, -0.1) is 0 Å². The third-order valence-corrected chi connectivity index (χ3v) is 4.26. The first kappa shape index (κ1) is 14.6. The molecule has 2 atom stereocenters. The van der Waals surface area contributed by atoms with Gasteiger partial charge in [0.25, 0.3) is 5.91 Å². The lowest BCUT2D eigenvalue weighted by Crippen LogP contribution is -2.13. The summed E-state index contributed by atoms with van der Waals surface area (Å²) in [6, 6.07) is 9.29. The Morgan fingerprint density at radius 1 is 1.17 bits per heavy atom. The van der Waals surface area contributed by atoms with Crippen LogP contribution >= 0.6 is 0 Å². The summed E-state index contributed by atoms with van der Waals surface area (Å²) >= 11 is 0. The van der Waals surface area contributed by atoms with Crippen LogP contribution in [0.2, 0.25) is 0 Å². The van der Waals surface area contributed by atoms with E-state index in [1.165, 1.54) is 6.33 Å². The Balaban J connectivity index is 1.66. The second-order valence-electron chi connectivity index (χ2n) is 6.03. The van der Waals surface area contributed by atoms with Crippen molar-refractivity contribution in [3.63, 3.8) is 0 Å². The first-order valence-electron chi connectivity index (χ1n) is 7.94. The molecule has 1 N–H and O–H groups in total. The van der Waals surface area contributed by atoms with E-state index < -0.39 is 0 Å². The second kappa shape index (κ2) is 5.88. The molecule has 0 spiro atoms. The molecule has 2 aromatic heterocycles. The van der Waals surface area contributed by atoms with Gasteiger partial charge in [0.2, 0.25) is 0 Å². The van der Waals surface area contributed by atoms with Crippen molar-refractivity contribution in [1.82, 2.24) is 19.5 Å². The van der Waals surface area contributed by atoms with Crippen LogP contribution in [0.1, 0.15) is 29.7 Å². The number of nitrogens with zero attached hydrogens (tertiary/aromatic N) is 4. The number of rotatable bonds is 3. The van der Waals surface area contributed by atoms with Crippen LogP contribution in [0, 0.1) is 5.92 Å². The number of hydrogen-bond donors (Lipinski definition) is 1. The average molecular weight is 319 g/mol. The van der Waals surface area contributed by atoms with Crippen molar-refractivity contribution >= 4 is 22.9 Å². The second-order valence-corrected chi connectivity index (χ2v) is 6.03. The van der Waals surface area contributed by atoms with Crippen LogP contribution in [-0.4, -0.2) is 25.4 Å². The lowest BCUT2D eigenvalue weighted by atomic mass is 10.1. The Kier molecular flexibility index (Phi) is 3.57. The molecular weight excluding hydrogens is 302 g/mol. The first-order valence-corrected chi connectivity index (χ1v) is 7.94. The summed E-state index contributed by atoms with van der Waals surface area (Å²) in [6.07, 6.45) is 8.64. The van der Waals surface area contributed by atoms with E-state index in [1.54, 1.807) is 18.5 Å². The Morgan fingerprint density at radius 2 is 2.00 bits per heavy atom. The van der Waals surface area contributed by atoms with E-state index in [4.69, 9.17) is 0 Å².